The average Bonchev–Trinajstić information content (AvgIpc) is 2.55. The Morgan fingerprint density at radius 2 is 2.00 bits per heavy atom. The third kappa shape index (κ3) is 1.24. The lowest BCUT2D eigenvalue weighted by atomic mass is 10.2. The molecule has 3 nitrogen and oxygen atoms in total. The highest BCUT2D eigenvalue weighted by molar-refractivity contribution is 7.19. The van der Waals surface area contributed by atoms with Gasteiger partial charge in [0.1, 0.15) is 0 Å². The van der Waals surface area contributed by atoms with Crippen LogP contribution in [0, 0.1) is 0 Å². The zero-order valence-electron chi connectivity index (χ0n) is 6.69. The zero-order valence-corrected chi connectivity index (χ0v) is 7.51. The number of phenols is 2. The molecule has 0 spiro atoms. The molecule has 0 radical (unpaired) electrons. The molecule has 2 aromatic rings. The van der Waals surface area contributed by atoms with Gasteiger partial charge in [-0.25, -0.2) is 0 Å². The molecule has 4 heteroatoms. The van der Waals surface area contributed by atoms with Crippen LogP contribution in [0.5, 0.6) is 11.5 Å². The van der Waals surface area contributed by atoms with Crippen molar-refractivity contribution < 1.29 is 15.3 Å². The standard InChI is InChI=1S/C9H8O3S/c10-4-6-3-5-1-2-7(11)8(12)9(5)13-6/h1-3,10-12H,4H2. The van der Waals surface area contributed by atoms with E-state index in [2.05, 4.69) is 0 Å². The van der Waals surface area contributed by atoms with Crippen LogP contribution in [0.4, 0.5) is 0 Å². The smallest absolute Gasteiger partial charge is 0.175 e. The summed E-state index contributed by atoms with van der Waals surface area (Å²) in [6.07, 6.45) is 0. The summed E-state index contributed by atoms with van der Waals surface area (Å²) in [6, 6.07) is 4.94. The van der Waals surface area contributed by atoms with Gasteiger partial charge < -0.3 is 15.3 Å². The molecule has 1 heterocycles. The lowest BCUT2D eigenvalue weighted by Crippen LogP contribution is -1.70. The van der Waals surface area contributed by atoms with Crippen LogP contribution in [0.2, 0.25) is 0 Å². The first-order valence-corrected chi connectivity index (χ1v) is 4.58. The second kappa shape index (κ2) is 2.90. The molecule has 3 N–H and O–H groups in total. The molecule has 0 atom stereocenters. The molecule has 0 saturated carbocycles. The molecule has 13 heavy (non-hydrogen) atoms. The van der Waals surface area contributed by atoms with Gasteiger partial charge in [-0.3, -0.25) is 0 Å². The number of fused-ring (bicyclic) bond motifs is 1. The minimum Gasteiger partial charge on any atom is -0.504 e. The third-order valence-electron chi connectivity index (χ3n) is 1.85. The van der Waals surface area contributed by atoms with Crippen LogP contribution in [0.25, 0.3) is 10.1 Å². The summed E-state index contributed by atoms with van der Waals surface area (Å²) in [5.41, 5.74) is 0. The minimum absolute atomic E-state index is 0.0421. The average molecular weight is 196 g/mol. The summed E-state index contributed by atoms with van der Waals surface area (Å²) in [5.74, 6) is -0.235. The van der Waals surface area contributed by atoms with E-state index < -0.39 is 0 Å². The summed E-state index contributed by atoms with van der Waals surface area (Å²) in [4.78, 5) is 0.774. The lowest BCUT2D eigenvalue weighted by molar-refractivity contribution is 0.285. The predicted molar refractivity (Wildman–Crippen MR) is 51.1 cm³/mol. The first kappa shape index (κ1) is 8.34. The fourth-order valence-corrected chi connectivity index (χ4v) is 2.17. The Kier molecular flexibility index (Phi) is 1.86. The lowest BCUT2D eigenvalue weighted by Gasteiger charge is -1.96. The quantitative estimate of drug-likeness (QED) is 0.609. The molecule has 0 saturated heterocycles. The summed E-state index contributed by atoms with van der Waals surface area (Å²) in [5, 5.41) is 28.3. The Hall–Kier alpha value is -1.26. The summed E-state index contributed by atoms with van der Waals surface area (Å²) < 4.78 is 0.615. The molecular formula is C9H8O3S. The van der Waals surface area contributed by atoms with Crippen molar-refractivity contribution >= 4 is 21.4 Å². The van der Waals surface area contributed by atoms with E-state index in [9.17, 15) is 10.2 Å². The van der Waals surface area contributed by atoms with Crippen LogP contribution in [0.15, 0.2) is 18.2 Å². The number of aromatic hydroxyl groups is 2. The summed E-state index contributed by atoms with van der Waals surface area (Å²) in [6.45, 7) is -0.0421. The van der Waals surface area contributed by atoms with Crippen molar-refractivity contribution in [3.8, 4) is 11.5 Å². The van der Waals surface area contributed by atoms with Crippen molar-refractivity contribution in [2.24, 2.45) is 0 Å². The monoisotopic (exact) mass is 196 g/mol. The van der Waals surface area contributed by atoms with Crippen molar-refractivity contribution in [3.63, 3.8) is 0 Å². The summed E-state index contributed by atoms with van der Waals surface area (Å²) >= 11 is 1.28. The van der Waals surface area contributed by atoms with Crippen LogP contribution in [0.1, 0.15) is 4.88 Å². The fourth-order valence-electron chi connectivity index (χ4n) is 1.21. The zero-order chi connectivity index (χ0) is 9.42. The number of aliphatic hydroxyl groups excluding tert-OH is 1. The normalized spacial score (nSPS) is 10.8. The topological polar surface area (TPSA) is 60.7 Å². The number of aliphatic hydroxyl groups is 1. The van der Waals surface area contributed by atoms with Crippen LogP contribution in [-0.2, 0) is 6.61 Å². The maximum absolute atomic E-state index is 9.45. The molecule has 0 aliphatic heterocycles. The van der Waals surface area contributed by atoms with Crippen molar-refractivity contribution in [2.75, 3.05) is 0 Å². The van der Waals surface area contributed by atoms with E-state index in [1.54, 1.807) is 12.1 Å². The van der Waals surface area contributed by atoms with Crippen LogP contribution < -0.4 is 0 Å². The number of phenolic OH excluding ortho intramolecular Hbond substituents is 2. The van der Waals surface area contributed by atoms with E-state index >= 15 is 0 Å². The Balaban J connectivity index is 2.76. The maximum atomic E-state index is 9.45. The van der Waals surface area contributed by atoms with Crippen molar-refractivity contribution in [1.29, 1.82) is 0 Å². The van der Waals surface area contributed by atoms with Gasteiger partial charge in [-0.2, -0.15) is 0 Å². The van der Waals surface area contributed by atoms with Gasteiger partial charge in [0, 0.05) is 4.88 Å². The first-order chi connectivity index (χ1) is 6.22. The van der Waals surface area contributed by atoms with E-state index in [0.717, 1.165) is 10.3 Å². The Morgan fingerprint density at radius 1 is 1.23 bits per heavy atom. The van der Waals surface area contributed by atoms with Crippen molar-refractivity contribution in [3.05, 3.63) is 23.1 Å². The molecule has 0 aliphatic carbocycles. The van der Waals surface area contributed by atoms with E-state index in [0.29, 0.717) is 4.70 Å². The molecule has 1 aromatic heterocycles. The van der Waals surface area contributed by atoms with E-state index in [-0.39, 0.29) is 18.1 Å². The van der Waals surface area contributed by atoms with Gasteiger partial charge >= 0.3 is 0 Å². The van der Waals surface area contributed by atoms with Gasteiger partial charge in [-0.15, -0.1) is 11.3 Å². The Bertz CT molecular complexity index is 447. The Morgan fingerprint density at radius 3 is 2.69 bits per heavy atom. The molecule has 0 bridgehead atoms. The number of hydrogen-bond acceptors (Lipinski definition) is 4. The Labute approximate surface area is 78.5 Å². The SMILES string of the molecule is OCc1cc2ccc(O)c(O)c2s1. The second-order valence-electron chi connectivity index (χ2n) is 2.72. The molecule has 1 aromatic carbocycles. The second-order valence-corrected chi connectivity index (χ2v) is 3.86. The van der Waals surface area contributed by atoms with Gasteiger partial charge in [-0.1, -0.05) is 0 Å². The summed E-state index contributed by atoms with van der Waals surface area (Å²) in [7, 11) is 0. The van der Waals surface area contributed by atoms with E-state index in [1.807, 2.05) is 0 Å². The number of hydrogen-bond donors (Lipinski definition) is 3. The number of benzene rings is 1. The van der Waals surface area contributed by atoms with E-state index in [4.69, 9.17) is 5.11 Å². The van der Waals surface area contributed by atoms with Crippen LogP contribution in [-0.4, -0.2) is 15.3 Å². The molecule has 68 valence electrons. The molecular weight excluding hydrogens is 188 g/mol. The van der Waals surface area contributed by atoms with Crippen molar-refractivity contribution in [2.45, 2.75) is 6.61 Å². The largest absolute Gasteiger partial charge is 0.504 e. The van der Waals surface area contributed by atoms with E-state index in [1.165, 1.54) is 17.4 Å². The number of thiophene rings is 1. The molecule has 0 unspecified atom stereocenters. The molecule has 0 amide bonds. The highest BCUT2D eigenvalue weighted by Crippen LogP contribution is 2.38. The molecule has 0 fully saturated rings. The molecule has 0 aliphatic rings. The minimum atomic E-state index is -0.126. The highest BCUT2D eigenvalue weighted by atomic mass is 32.1. The van der Waals surface area contributed by atoms with Crippen LogP contribution in [0.3, 0.4) is 0 Å². The van der Waals surface area contributed by atoms with Gasteiger partial charge in [0.05, 0.1) is 11.3 Å². The van der Waals surface area contributed by atoms with Gasteiger partial charge in [-0.05, 0) is 23.6 Å². The maximum Gasteiger partial charge on any atom is 0.175 e. The number of rotatable bonds is 1. The highest BCUT2D eigenvalue weighted by Gasteiger charge is 2.08. The van der Waals surface area contributed by atoms with Gasteiger partial charge in [0.15, 0.2) is 11.5 Å². The van der Waals surface area contributed by atoms with Crippen molar-refractivity contribution in [1.82, 2.24) is 0 Å². The van der Waals surface area contributed by atoms with Crippen LogP contribution >= 0.6 is 11.3 Å². The van der Waals surface area contributed by atoms with Gasteiger partial charge in [0.25, 0.3) is 0 Å². The predicted octanol–water partition coefficient (Wildman–Crippen LogP) is 1.80. The fraction of sp³-hybridized carbons (Fsp3) is 0.111. The third-order valence-corrected chi connectivity index (χ3v) is 2.99. The van der Waals surface area contributed by atoms with Gasteiger partial charge in [0.2, 0.25) is 0 Å². The molecule has 2 rings (SSSR count). The first-order valence-electron chi connectivity index (χ1n) is 3.76.